The highest BCUT2D eigenvalue weighted by molar-refractivity contribution is 7.86. The predicted molar refractivity (Wildman–Crippen MR) is 110 cm³/mol. The third-order valence-corrected chi connectivity index (χ3v) is 5.15. The Morgan fingerprint density at radius 2 is 0.862 bits per heavy atom. The average Bonchev–Trinajstić information content (AvgIpc) is 2.54. The first-order valence-electron chi connectivity index (χ1n) is 8.39. The quantitative estimate of drug-likeness (QED) is 0.405. The van der Waals surface area contributed by atoms with E-state index in [0.717, 1.165) is 11.1 Å². The Bertz CT molecular complexity index is 881. The number of hydrogen-bond acceptors (Lipinski definition) is 6. The van der Waals surface area contributed by atoms with Crippen LogP contribution in [0.15, 0.2) is 58.3 Å². The van der Waals surface area contributed by atoms with Crippen LogP contribution in [0.1, 0.15) is 31.9 Å². The molecule has 0 aliphatic heterocycles. The summed E-state index contributed by atoms with van der Waals surface area (Å²) in [7, 11) is -8.04. The van der Waals surface area contributed by atoms with Gasteiger partial charge in [0.25, 0.3) is 20.2 Å². The third-order valence-electron chi connectivity index (χ3n) is 3.41. The molecule has 0 bridgehead atoms. The van der Waals surface area contributed by atoms with Crippen LogP contribution in [0.2, 0.25) is 0 Å². The first kappa shape index (κ1) is 27.2. The van der Waals surface area contributed by atoms with Crippen molar-refractivity contribution in [1.82, 2.24) is 0 Å². The van der Waals surface area contributed by atoms with Gasteiger partial charge in [-0.05, 0) is 38.1 Å². The largest absolute Gasteiger partial charge is 0.368 e. The van der Waals surface area contributed by atoms with Gasteiger partial charge >= 0.3 is 0 Å². The zero-order valence-corrected chi connectivity index (χ0v) is 18.6. The minimum absolute atomic E-state index is 0.0666. The van der Waals surface area contributed by atoms with Crippen LogP contribution in [0.3, 0.4) is 0 Å². The van der Waals surface area contributed by atoms with Gasteiger partial charge in [-0.3, -0.25) is 9.11 Å². The summed E-state index contributed by atoms with van der Waals surface area (Å²) in [6.07, 6.45) is -1.20. The summed E-state index contributed by atoms with van der Waals surface area (Å²) in [6.45, 7) is 8.97. The summed E-state index contributed by atoms with van der Waals surface area (Å²) < 4.78 is 59.1. The summed E-state index contributed by atoms with van der Waals surface area (Å²) in [5.41, 5.74) is 1.52. The summed E-state index contributed by atoms with van der Waals surface area (Å²) in [4.78, 5) is -0.133. The molecule has 2 rings (SSSR count). The first-order chi connectivity index (χ1) is 12.9. The van der Waals surface area contributed by atoms with Gasteiger partial charge < -0.3 is 10.2 Å². The first-order valence-corrected chi connectivity index (χ1v) is 11.3. The summed E-state index contributed by atoms with van der Waals surface area (Å²) in [5, 5.41) is 16.9. The second-order valence-electron chi connectivity index (χ2n) is 7.32. The molecule has 4 N–H and O–H groups in total. The average molecular weight is 449 g/mol. The Morgan fingerprint density at radius 1 is 0.655 bits per heavy atom. The topological polar surface area (TPSA) is 149 Å². The molecule has 0 amide bonds. The number of hydrogen-bond donors (Lipinski definition) is 4. The molecule has 0 aliphatic carbocycles. The molecule has 2 aromatic rings. The third kappa shape index (κ3) is 11.7. The molecule has 164 valence electrons. The Hall–Kier alpha value is -1.82. The number of aliphatic hydroxyl groups is 2. The molecule has 0 aliphatic rings. The van der Waals surface area contributed by atoms with Gasteiger partial charge in [-0.15, -0.1) is 0 Å². The smallest absolute Gasteiger partial charge is 0.294 e. The molecule has 0 spiro atoms. The van der Waals surface area contributed by atoms with Crippen molar-refractivity contribution >= 4 is 20.2 Å². The van der Waals surface area contributed by atoms with Gasteiger partial charge in [-0.25, -0.2) is 0 Å². The lowest BCUT2D eigenvalue weighted by Crippen LogP contribution is -2.24. The fourth-order valence-corrected chi connectivity index (χ4v) is 2.38. The van der Waals surface area contributed by atoms with Crippen molar-refractivity contribution in [3.8, 4) is 0 Å². The Kier molecular flexibility index (Phi) is 10.1. The van der Waals surface area contributed by atoms with Crippen molar-refractivity contribution in [2.75, 3.05) is 0 Å². The Morgan fingerprint density at radius 3 is 1.00 bits per heavy atom. The van der Waals surface area contributed by atoms with Crippen LogP contribution in [0.25, 0.3) is 0 Å². The highest BCUT2D eigenvalue weighted by Crippen LogP contribution is 2.15. The van der Waals surface area contributed by atoms with E-state index in [0.29, 0.717) is 0 Å². The normalized spacial score (nSPS) is 11.8. The van der Waals surface area contributed by atoms with Crippen LogP contribution in [-0.2, 0) is 20.2 Å². The van der Waals surface area contributed by atoms with Gasteiger partial charge in [-0.1, -0.05) is 56.2 Å². The second kappa shape index (κ2) is 10.8. The predicted octanol–water partition coefficient (Wildman–Crippen LogP) is 2.83. The van der Waals surface area contributed by atoms with Gasteiger partial charge in [0.05, 0.1) is 9.79 Å². The minimum atomic E-state index is -4.02. The van der Waals surface area contributed by atoms with Crippen molar-refractivity contribution < 1.29 is 36.2 Å². The van der Waals surface area contributed by atoms with E-state index >= 15 is 0 Å². The fraction of sp³-hybridized carbons (Fsp3) is 0.368. The van der Waals surface area contributed by atoms with E-state index in [1.54, 1.807) is 45.0 Å². The molecule has 0 atom stereocenters. The maximum atomic E-state index is 10.5. The molecule has 10 heteroatoms. The van der Waals surface area contributed by atoms with E-state index in [-0.39, 0.29) is 15.2 Å². The van der Waals surface area contributed by atoms with E-state index in [2.05, 4.69) is 0 Å². The molecule has 0 radical (unpaired) electrons. The molecule has 2 aromatic carbocycles. The zero-order valence-electron chi connectivity index (χ0n) is 16.9. The number of aryl methyl sites for hydroxylation is 2. The van der Waals surface area contributed by atoms with Gasteiger partial charge in [0, 0.05) is 5.41 Å². The molecular weight excluding hydrogens is 420 g/mol. The van der Waals surface area contributed by atoms with Gasteiger partial charge in [0.15, 0.2) is 6.29 Å². The van der Waals surface area contributed by atoms with Gasteiger partial charge in [0.1, 0.15) is 0 Å². The van der Waals surface area contributed by atoms with Crippen molar-refractivity contribution in [3.63, 3.8) is 0 Å². The lowest BCUT2D eigenvalue weighted by molar-refractivity contribution is -0.113. The van der Waals surface area contributed by atoms with E-state index < -0.39 is 26.5 Å². The molecule has 0 saturated heterocycles. The zero-order chi connectivity index (χ0) is 23.0. The highest BCUT2D eigenvalue weighted by Gasteiger charge is 2.18. The van der Waals surface area contributed by atoms with Gasteiger partial charge in [-0.2, -0.15) is 16.8 Å². The molecule has 0 heterocycles. The number of rotatable bonds is 2. The summed E-state index contributed by atoms with van der Waals surface area (Å²) in [5.74, 6) is 0. The number of benzene rings is 2. The summed E-state index contributed by atoms with van der Waals surface area (Å²) >= 11 is 0. The lowest BCUT2D eigenvalue weighted by Gasteiger charge is -2.19. The monoisotopic (exact) mass is 448 g/mol. The molecular formula is C19H28O8S2. The van der Waals surface area contributed by atoms with Gasteiger partial charge in [0.2, 0.25) is 0 Å². The number of aliphatic hydroxyl groups excluding tert-OH is 1. The minimum Gasteiger partial charge on any atom is -0.368 e. The maximum Gasteiger partial charge on any atom is 0.294 e. The van der Waals surface area contributed by atoms with E-state index in [4.69, 9.17) is 19.3 Å². The van der Waals surface area contributed by atoms with Crippen LogP contribution in [0, 0.1) is 19.3 Å². The van der Waals surface area contributed by atoms with Crippen LogP contribution in [-0.4, -0.2) is 42.4 Å². The van der Waals surface area contributed by atoms with Crippen LogP contribution >= 0.6 is 0 Å². The van der Waals surface area contributed by atoms with Crippen molar-refractivity contribution in [3.05, 3.63) is 59.7 Å². The van der Waals surface area contributed by atoms with E-state index in [1.165, 1.54) is 24.3 Å². The van der Waals surface area contributed by atoms with E-state index in [9.17, 15) is 16.8 Å². The fourth-order valence-electron chi connectivity index (χ4n) is 1.42. The van der Waals surface area contributed by atoms with Crippen molar-refractivity contribution in [2.24, 2.45) is 5.41 Å². The molecule has 0 saturated carbocycles. The van der Waals surface area contributed by atoms with Crippen molar-refractivity contribution in [1.29, 1.82) is 0 Å². The summed E-state index contributed by atoms with van der Waals surface area (Å²) in [6, 6.07) is 12.0. The molecule has 8 nitrogen and oxygen atoms in total. The second-order valence-corrected chi connectivity index (χ2v) is 10.2. The lowest BCUT2D eigenvalue weighted by atomic mass is 9.96. The SMILES string of the molecule is CC(C)(C)C(O)O.Cc1ccc(S(=O)(=O)O)cc1.Cc1ccc(S(=O)(=O)O)cc1. The Labute approximate surface area is 172 Å². The molecule has 29 heavy (non-hydrogen) atoms. The molecule has 0 aromatic heterocycles. The Balaban J connectivity index is 0.000000419. The van der Waals surface area contributed by atoms with Crippen LogP contribution in [0.4, 0.5) is 0 Å². The maximum absolute atomic E-state index is 10.5. The van der Waals surface area contributed by atoms with Crippen molar-refractivity contribution in [2.45, 2.75) is 50.7 Å². The highest BCUT2D eigenvalue weighted by atomic mass is 32.2. The van der Waals surface area contributed by atoms with Crippen LogP contribution < -0.4 is 0 Å². The van der Waals surface area contributed by atoms with E-state index in [1.807, 2.05) is 13.8 Å². The van der Waals surface area contributed by atoms with Crippen LogP contribution in [0.5, 0.6) is 0 Å². The molecule has 0 unspecified atom stereocenters. The molecule has 0 fully saturated rings. The standard InChI is InChI=1S/2C7H8O3S.C5H12O2/c2*1-6-2-4-7(5-3-6)11(8,9)10;1-5(2,3)4(6)7/h2*2-5H,1H3,(H,8,9,10);4,6-7H,1-3H3.